The monoisotopic (exact) mass is 280 g/mol. The molecule has 0 aromatic carbocycles. The van der Waals surface area contributed by atoms with E-state index in [1.807, 2.05) is 4.90 Å². The fraction of sp³-hybridized carbons (Fsp3) is 1.00. The quantitative estimate of drug-likeness (QED) is 0.849. The number of rotatable bonds is 4. The van der Waals surface area contributed by atoms with Gasteiger partial charge in [-0.05, 0) is 11.8 Å². The van der Waals surface area contributed by atoms with Crippen molar-refractivity contribution in [2.24, 2.45) is 5.41 Å². The average molecular weight is 280 g/mol. The van der Waals surface area contributed by atoms with E-state index in [9.17, 15) is 13.2 Å². The molecule has 2 atom stereocenters. The van der Waals surface area contributed by atoms with Gasteiger partial charge < -0.3 is 5.32 Å². The van der Waals surface area contributed by atoms with Crippen LogP contribution >= 0.6 is 0 Å². The van der Waals surface area contributed by atoms with Gasteiger partial charge in [-0.2, -0.15) is 13.2 Å². The lowest BCUT2D eigenvalue weighted by molar-refractivity contribution is -0.141. The maximum absolute atomic E-state index is 12.4. The number of hydrogen-bond acceptors (Lipinski definition) is 2. The summed E-state index contributed by atoms with van der Waals surface area (Å²) in [6.45, 7) is 10.0. The lowest BCUT2D eigenvalue weighted by Crippen LogP contribution is -2.60. The zero-order valence-electron chi connectivity index (χ0n) is 12.5. The van der Waals surface area contributed by atoms with Gasteiger partial charge in [0.15, 0.2) is 0 Å². The molecule has 1 rings (SSSR count). The number of hydrogen-bond donors (Lipinski definition) is 1. The van der Waals surface area contributed by atoms with Crippen molar-refractivity contribution >= 4 is 0 Å². The molecule has 1 heterocycles. The van der Waals surface area contributed by atoms with E-state index in [0.29, 0.717) is 6.04 Å². The second-order valence-corrected chi connectivity index (χ2v) is 6.64. The van der Waals surface area contributed by atoms with E-state index in [2.05, 4.69) is 33.0 Å². The summed E-state index contributed by atoms with van der Waals surface area (Å²) in [6.07, 6.45) is -2.68. The van der Waals surface area contributed by atoms with Gasteiger partial charge in [-0.3, -0.25) is 4.90 Å². The summed E-state index contributed by atoms with van der Waals surface area (Å²) < 4.78 is 37.3. The first-order valence-electron chi connectivity index (χ1n) is 7.17. The van der Waals surface area contributed by atoms with E-state index in [1.165, 1.54) is 0 Å². The van der Waals surface area contributed by atoms with Gasteiger partial charge in [0, 0.05) is 31.7 Å². The summed E-state index contributed by atoms with van der Waals surface area (Å²) in [5, 5.41) is 3.48. The Bertz CT molecular complexity index is 271. The highest BCUT2D eigenvalue weighted by atomic mass is 19.4. The van der Waals surface area contributed by atoms with Crippen LogP contribution in [0.25, 0.3) is 0 Å². The van der Waals surface area contributed by atoms with Crippen molar-refractivity contribution in [3.8, 4) is 0 Å². The third-order valence-electron chi connectivity index (χ3n) is 3.81. The molecule has 0 aromatic rings. The number of piperazine rings is 1. The first-order chi connectivity index (χ1) is 8.63. The van der Waals surface area contributed by atoms with Gasteiger partial charge in [0.2, 0.25) is 0 Å². The Morgan fingerprint density at radius 2 is 1.84 bits per heavy atom. The Hall–Kier alpha value is -0.290. The minimum atomic E-state index is -4.06. The average Bonchev–Trinajstić information content (AvgIpc) is 2.24. The highest BCUT2D eigenvalue weighted by Gasteiger charge is 2.37. The van der Waals surface area contributed by atoms with Gasteiger partial charge in [0.25, 0.3) is 0 Å². The second kappa shape index (κ2) is 6.44. The zero-order chi connectivity index (χ0) is 14.7. The molecule has 19 heavy (non-hydrogen) atoms. The minimum Gasteiger partial charge on any atom is -0.311 e. The minimum absolute atomic E-state index is 0.00418. The molecule has 1 aliphatic rings. The van der Waals surface area contributed by atoms with Crippen LogP contribution in [-0.2, 0) is 0 Å². The molecule has 1 N–H and O–H groups in total. The topological polar surface area (TPSA) is 15.3 Å². The third kappa shape index (κ3) is 5.69. The predicted octanol–water partition coefficient (Wildman–Crippen LogP) is 3.43. The third-order valence-corrected chi connectivity index (χ3v) is 3.81. The van der Waals surface area contributed by atoms with E-state index < -0.39 is 12.6 Å². The Morgan fingerprint density at radius 1 is 1.21 bits per heavy atom. The maximum atomic E-state index is 12.4. The smallest absolute Gasteiger partial charge is 0.311 e. The van der Waals surface area contributed by atoms with Crippen molar-refractivity contribution in [2.45, 2.75) is 65.2 Å². The SMILES string of the molecule is CCCC1CN(CCC(F)(F)F)C(C(C)(C)C)CN1. The van der Waals surface area contributed by atoms with Gasteiger partial charge in [-0.1, -0.05) is 34.1 Å². The molecule has 0 amide bonds. The number of nitrogens with one attached hydrogen (secondary N) is 1. The normalized spacial score (nSPS) is 26.7. The summed E-state index contributed by atoms with van der Waals surface area (Å²) in [4.78, 5) is 2.03. The Labute approximate surface area is 114 Å². The molecule has 1 fully saturated rings. The van der Waals surface area contributed by atoms with Crippen LogP contribution in [0.5, 0.6) is 0 Å². The van der Waals surface area contributed by atoms with Crippen molar-refractivity contribution in [3.63, 3.8) is 0 Å². The van der Waals surface area contributed by atoms with Crippen LogP contribution in [0.1, 0.15) is 47.0 Å². The van der Waals surface area contributed by atoms with Gasteiger partial charge in [-0.25, -0.2) is 0 Å². The van der Waals surface area contributed by atoms with Gasteiger partial charge in [-0.15, -0.1) is 0 Å². The largest absolute Gasteiger partial charge is 0.390 e. The van der Waals surface area contributed by atoms with Crippen molar-refractivity contribution in [1.82, 2.24) is 10.2 Å². The van der Waals surface area contributed by atoms with E-state index in [0.717, 1.165) is 25.9 Å². The molecule has 114 valence electrons. The lowest BCUT2D eigenvalue weighted by atomic mass is 9.83. The highest BCUT2D eigenvalue weighted by Crippen LogP contribution is 2.29. The first-order valence-corrected chi connectivity index (χ1v) is 7.17. The van der Waals surface area contributed by atoms with Gasteiger partial charge >= 0.3 is 6.18 Å². The molecule has 0 aliphatic carbocycles. The van der Waals surface area contributed by atoms with Crippen LogP contribution in [0, 0.1) is 5.41 Å². The Morgan fingerprint density at radius 3 is 2.32 bits per heavy atom. The fourth-order valence-electron chi connectivity index (χ4n) is 2.80. The predicted molar refractivity (Wildman–Crippen MR) is 72.2 cm³/mol. The van der Waals surface area contributed by atoms with Crippen molar-refractivity contribution < 1.29 is 13.2 Å². The van der Waals surface area contributed by atoms with Crippen LogP contribution in [0.2, 0.25) is 0 Å². The van der Waals surface area contributed by atoms with E-state index in [-0.39, 0.29) is 18.0 Å². The molecule has 0 saturated carbocycles. The molecule has 2 unspecified atom stereocenters. The number of nitrogens with zero attached hydrogens (tertiary/aromatic N) is 1. The molecule has 1 saturated heterocycles. The molecule has 0 radical (unpaired) electrons. The molecule has 2 nitrogen and oxygen atoms in total. The molecular formula is C14H27F3N2. The molecule has 1 aliphatic heterocycles. The van der Waals surface area contributed by atoms with E-state index in [4.69, 9.17) is 0 Å². The van der Waals surface area contributed by atoms with Crippen LogP contribution in [0.3, 0.4) is 0 Å². The summed E-state index contributed by atoms with van der Waals surface area (Å²) in [6, 6.07) is 0.500. The Kier molecular flexibility index (Phi) is 5.68. The molecule has 5 heteroatoms. The summed E-state index contributed by atoms with van der Waals surface area (Å²) >= 11 is 0. The van der Waals surface area contributed by atoms with E-state index in [1.54, 1.807) is 0 Å². The fourth-order valence-corrected chi connectivity index (χ4v) is 2.80. The number of halogens is 3. The van der Waals surface area contributed by atoms with Crippen molar-refractivity contribution in [1.29, 1.82) is 0 Å². The summed E-state index contributed by atoms with van der Waals surface area (Å²) in [5.41, 5.74) is -0.00418. The Balaban J connectivity index is 2.65. The van der Waals surface area contributed by atoms with Crippen molar-refractivity contribution in [3.05, 3.63) is 0 Å². The van der Waals surface area contributed by atoms with Gasteiger partial charge in [0.05, 0.1) is 6.42 Å². The molecule has 0 aromatic heterocycles. The number of alkyl halides is 3. The zero-order valence-corrected chi connectivity index (χ0v) is 12.5. The summed E-state index contributed by atoms with van der Waals surface area (Å²) in [5.74, 6) is 0. The molecule has 0 bridgehead atoms. The van der Waals surface area contributed by atoms with E-state index >= 15 is 0 Å². The van der Waals surface area contributed by atoms with Crippen LogP contribution < -0.4 is 5.32 Å². The van der Waals surface area contributed by atoms with Gasteiger partial charge in [0.1, 0.15) is 0 Å². The maximum Gasteiger partial charge on any atom is 0.390 e. The molecule has 0 spiro atoms. The second-order valence-electron chi connectivity index (χ2n) is 6.64. The lowest BCUT2D eigenvalue weighted by Gasteiger charge is -2.46. The van der Waals surface area contributed by atoms with Crippen LogP contribution in [-0.4, -0.2) is 42.8 Å². The first kappa shape index (κ1) is 16.8. The summed E-state index contributed by atoms with van der Waals surface area (Å²) in [7, 11) is 0. The highest BCUT2D eigenvalue weighted by molar-refractivity contribution is 4.92. The van der Waals surface area contributed by atoms with Crippen LogP contribution in [0.15, 0.2) is 0 Å². The van der Waals surface area contributed by atoms with Crippen molar-refractivity contribution in [2.75, 3.05) is 19.6 Å². The standard InChI is InChI=1S/C14H27F3N2/c1-5-6-11-10-19(8-7-14(15,16)17)12(9-18-11)13(2,3)4/h11-12,18H,5-10H2,1-4H3. The van der Waals surface area contributed by atoms with Crippen LogP contribution in [0.4, 0.5) is 13.2 Å². The molecular weight excluding hydrogens is 253 g/mol.